The van der Waals surface area contributed by atoms with Gasteiger partial charge in [0.2, 0.25) is 0 Å². The highest BCUT2D eigenvalue weighted by molar-refractivity contribution is 6.00. The van der Waals surface area contributed by atoms with Crippen molar-refractivity contribution in [2.75, 3.05) is 17.3 Å². The molecule has 2 N–H and O–H groups in total. The molecule has 15 heteroatoms. The van der Waals surface area contributed by atoms with E-state index in [-0.39, 0.29) is 23.9 Å². The number of alkyl halides is 3. The number of nitrogens with one attached hydrogen (secondary N) is 2. The zero-order valence-corrected chi connectivity index (χ0v) is 21.8. The highest BCUT2D eigenvalue weighted by atomic mass is 19.4. The van der Waals surface area contributed by atoms with Crippen molar-refractivity contribution in [2.24, 2.45) is 0 Å². The van der Waals surface area contributed by atoms with Gasteiger partial charge in [-0.2, -0.15) is 13.2 Å². The number of amides is 3. The highest BCUT2D eigenvalue weighted by Gasteiger charge is 2.53. The average Bonchev–Trinajstić information content (AvgIpc) is 3.47. The minimum absolute atomic E-state index is 0.0325. The molecule has 1 fully saturated rings. The Hall–Kier alpha value is -5.08. The van der Waals surface area contributed by atoms with Crippen LogP contribution in [0.25, 0.3) is 11.3 Å². The quantitative estimate of drug-likeness (QED) is 0.304. The second-order valence-electron chi connectivity index (χ2n) is 9.41. The maximum absolute atomic E-state index is 13.4. The summed E-state index contributed by atoms with van der Waals surface area (Å²) < 4.78 is 44.9. The smallest absolute Gasteiger partial charge is 0.361 e. The Morgan fingerprint density at radius 2 is 1.98 bits per heavy atom. The molecule has 1 aliphatic carbocycles. The van der Waals surface area contributed by atoms with Crippen LogP contribution >= 0.6 is 0 Å². The lowest BCUT2D eigenvalue weighted by atomic mass is 10.1. The molecule has 0 unspecified atom stereocenters. The van der Waals surface area contributed by atoms with Crippen LogP contribution in [0.1, 0.15) is 40.5 Å². The van der Waals surface area contributed by atoms with Crippen molar-refractivity contribution in [1.29, 1.82) is 0 Å². The first-order valence-corrected chi connectivity index (χ1v) is 12.3. The van der Waals surface area contributed by atoms with Crippen LogP contribution in [0.3, 0.4) is 0 Å². The molecule has 12 nitrogen and oxygen atoms in total. The number of anilines is 2. The van der Waals surface area contributed by atoms with E-state index in [1.807, 2.05) is 0 Å². The van der Waals surface area contributed by atoms with Gasteiger partial charge in [0.15, 0.2) is 12.1 Å². The summed E-state index contributed by atoms with van der Waals surface area (Å²) in [6.45, 7) is 1.82. The van der Waals surface area contributed by atoms with Crippen molar-refractivity contribution < 1.29 is 32.1 Å². The van der Waals surface area contributed by atoms with E-state index in [2.05, 4.69) is 30.7 Å². The number of carbonyl (C=O) groups excluding carboxylic acids is 3. The van der Waals surface area contributed by atoms with Crippen LogP contribution < -0.4 is 15.5 Å². The Balaban J connectivity index is 1.31. The molecule has 1 aliphatic rings. The molecule has 0 spiro atoms. The van der Waals surface area contributed by atoms with E-state index < -0.39 is 29.3 Å². The number of aldehydes is 1. The zero-order valence-electron chi connectivity index (χ0n) is 21.8. The molecule has 4 heterocycles. The molecule has 4 aromatic rings. The summed E-state index contributed by atoms with van der Waals surface area (Å²) in [5, 5.41) is 9.19. The van der Waals surface area contributed by atoms with Crippen molar-refractivity contribution in [3.8, 4) is 11.3 Å². The van der Waals surface area contributed by atoms with Crippen LogP contribution in [0.5, 0.6) is 0 Å². The zero-order chi connectivity index (χ0) is 29.4. The third-order valence-corrected chi connectivity index (χ3v) is 6.56. The number of hydrogen-bond donors (Lipinski definition) is 2. The number of halogens is 3. The fourth-order valence-electron chi connectivity index (χ4n) is 4.25. The van der Waals surface area contributed by atoms with Crippen molar-refractivity contribution in [1.82, 2.24) is 30.0 Å². The first-order valence-electron chi connectivity index (χ1n) is 12.3. The summed E-state index contributed by atoms with van der Waals surface area (Å²) in [4.78, 5) is 51.3. The maximum atomic E-state index is 13.4. The number of imidazole rings is 1. The highest BCUT2D eigenvalue weighted by Crippen LogP contribution is 2.46. The number of urea groups is 1. The summed E-state index contributed by atoms with van der Waals surface area (Å²) in [6, 6.07) is 7.92. The van der Waals surface area contributed by atoms with Gasteiger partial charge in [-0.3, -0.25) is 19.5 Å². The fraction of sp³-hybridized carbons (Fsp3) is 0.269. The van der Waals surface area contributed by atoms with E-state index in [9.17, 15) is 27.6 Å². The molecular weight excluding hydrogens is 545 g/mol. The summed E-state index contributed by atoms with van der Waals surface area (Å²) in [7, 11) is 1.44. The lowest BCUT2D eigenvalue weighted by Gasteiger charge is -2.20. The largest absolute Gasteiger partial charge is 0.433 e. The molecule has 1 saturated carbocycles. The summed E-state index contributed by atoms with van der Waals surface area (Å²) in [6.07, 6.45) is -0.852. The lowest BCUT2D eigenvalue weighted by Crippen LogP contribution is -2.38. The van der Waals surface area contributed by atoms with Crippen LogP contribution in [-0.4, -0.2) is 49.9 Å². The second kappa shape index (κ2) is 10.5. The van der Waals surface area contributed by atoms with E-state index in [4.69, 9.17) is 4.52 Å². The molecule has 4 aromatic heterocycles. The van der Waals surface area contributed by atoms with Crippen molar-refractivity contribution in [3.05, 3.63) is 71.8 Å². The van der Waals surface area contributed by atoms with Gasteiger partial charge in [0.1, 0.15) is 34.2 Å². The van der Waals surface area contributed by atoms with Gasteiger partial charge in [-0.25, -0.2) is 14.8 Å². The second-order valence-corrected chi connectivity index (χ2v) is 9.41. The van der Waals surface area contributed by atoms with Crippen LogP contribution in [-0.2, 0) is 23.1 Å². The molecule has 0 radical (unpaired) electrons. The van der Waals surface area contributed by atoms with Gasteiger partial charge in [0, 0.05) is 24.9 Å². The van der Waals surface area contributed by atoms with E-state index in [0.717, 1.165) is 17.2 Å². The number of hydrogen-bond acceptors (Lipinski definition) is 8. The molecule has 0 saturated heterocycles. The fourth-order valence-corrected chi connectivity index (χ4v) is 4.25. The molecule has 0 bridgehead atoms. The van der Waals surface area contributed by atoms with Gasteiger partial charge in [0.05, 0.1) is 18.6 Å². The van der Waals surface area contributed by atoms with Gasteiger partial charge in [-0.15, -0.1) is 0 Å². The SMILES string of the molecule is Cc1cc(CNC(=O)N(C)c2ncn(C3(C(=O)Nc4cccc(-c5ccc(C(F)(F)F)nc5)n4)CC3)c2C=O)no1. The van der Waals surface area contributed by atoms with E-state index in [1.165, 1.54) is 30.1 Å². The topological polar surface area (TPSA) is 148 Å². The molecule has 3 amide bonds. The van der Waals surface area contributed by atoms with Crippen LogP contribution in [0, 0.1) is 6.92 Å². The number of pyridine rings is 2. The molecule has 0 aromatic carbocycles. The molecule has 0 atom stereocenters. The normalized spacial score (nSPS) is 13.9. The van der Waals surface area contributed by atoms with Crippen LogP contribution in [0.15, 0.2) is 53.4 Å². The molecule has 5 rings (SSSR count). The first kappa shape index (κ1) is 27.5. The predicted octanol–water partition coefficient (Wildman–Crippen LogP) is 3.94. The van der Waals surface area contributed by atoms with E-state index in [1.54, 1.807) is 25.1 Å². The van der Waals surface area contributed by atoms with Crippen LogP contribution in [0.4, 0.5) is 29.6 Å². The average molecular weight is 569 g/mol. The van der Waals surface area contributed by atoms with Gasteiger partial charge in [-0.05, 0) is 44.0 Å². The van der Waals surface area contributed by atoms with Crippen molar-refractivity contribution >= 4 is 29.9 Å². The van der Waals surface area contributed by atoms with Crippen molar-refractivity contribution in [2.45, 2.75) is 38.0 Å². The number of nitrogens with zero attached hydrogens (tertiary/aromatic N) is 6. The Bertz CT molecular complexity index is 1610. The first-order chi connectivity index (χ1) is 19.5. The lowest BCUT2D eigenvalue weighted by molar-refractivity contribution is -0.141. The van der Waals surface area contributed by atoms with Gasteiger partial charge in [0.25, 0.3) is 5.91 Å². The van der Waals surface area contributed by atoms with E-state index >= 15 is 0 Å². The number of rotatable bonds is 8. The van der Waals surface area contributed by atoms with E-state index in [0.29, 0.717) is 41.8 Å². The Kier molecular flexibility index (Phi) is 7.02. The maximum Gasteiger partial charge on any atom is 0.433 e. The number of aryl methyl sites for hydroxylation is 1. The monoisotopic (exact) mass is 568 g/mol. The van der Waals surface area contributed by atoms with Crippen molar-refractivity contribution in [3.63, 3.8) is 0 Å². The summed E-state index contributed by atoms with van der Waals surface area (Å²) >= 11 is 0. The molecule has 0 aliphatic heterocycles. The standard InChI is InChI=1S/C26H23F3N8O4/c1-15-10-17(35-41-15)12-31-24(40)36(2)22-19(13-38)37(14-32-22)25(8-9-25)23(39)34-21-5-3-4-18(33-21)16-6-7-20(30-11-16)26(27,28)29/h3-7,10-11,13-14H,8-9,12H2,1-2H3,(H,31,40)(H,33,34,39). The van der Waals surface area contributed by atoms with Gasteiger partial charge >= 0.3 is 12.2 Å². The third-order valence-electron chi connectivity index (χ3n) is 6.56. The Labute approximate surface area is 230 Å². The third kappa shape index (κ3) is 5.50. The minimum atomic E-state index is -4.57. The molecule has 41 heavy (non-hydrogen) atoms. The number of carbonyl (C=O) groups is 3. The number of aromatic nitrogens is 5. The molecule has 212 valence electrons. The van der Waals surface area contributed by atoms with Gasteiger partial charge < -0.3 is 19.7 Å². The minimum Gasteiger partial charge on any atom is -0.361 e. The summed E-state index contributed by atoms with van der Waals surface area (Å²) in [5.74, 6) is 0.346. The Morgan fingerprint density at radius 1 is 1.20 bits per heavy atom. The predicted molar refractivity (Wildman–Crippen MR) is 138 cm³/mol. The molecular formula is C26H23F3N8O4. The van der Waals surface area contributed by atoms with Gasteiger partial charge in [-0.1, -0.05) is 11.2 Å². The Morgan fingerprint density at radius 3 is 2.59 bits per heavy atom. The van der Waals surface area contributed by atoms with Crippen LogP contribution in [0.2, 0.25) is 0 Å². The summed E-state index contributed by atoms with van der Waals surface area (Å²) in [5.41, 5.74) is -0.972.